The molecule has 1 aromatic carbocycles. The fourth-order valence-electron chi connectivity index (χ4n) is 2.30. The molecule has 1 atom stereocenters. The van der Waals surface area contributed by atoms with Crippen molar-refractivity contribution in [2.24, 2.45) is 5.92 Å². The number of nitrogens with one attached hydrogen (secondary N) is 2. The molecule has 1 fully saturated rings. The lowest BCUT2D eigenvalue weighted by Crippen LogP contribution is -2.18. The van der Waals surface area contributed by atoms with E-state index >= 15 is 0 Å². The van der Waals surface area contributed by atoms with Crippen LogP contribution in [0.25, 0.3) is 10.2 Å². The van der Waals surface area contributed by atoms with Crippen LogP contribution in [0.1, 0.15) is 12.8 Å². The molecule has 19 heavy (non-hydrogen) atoms. The zero-order valence-corrected chi connectivity index (χ0v) is 12.0. The van der Waals surface area contributed by atoms with Crippen LogP contribution in [0.3, 0.4) is 0 Å². The molecule has 102 valence electrons. The summed E-state index contributed by atoms with van der Waals surface area (Å²) in [6, 6.07) is 5.84. The van der Waals surface area contributed by atoms with Crippen molar-refractivity contribution in [3.8, 4) is 0 Å². The number of fused-ring (bicyclic) bond motifs is 1. The third kappa shape index (κ3) is 3.43. The van der Waals surface area contributed by atoms with Gasteiger partial charge in [-0.25, -0.2) is 4.98 Å². The van der Waals surface area contributed by atoms with Crippen molar-refractivity contribution >= 4 is 45.6 Å². The smallest absolute Gasteiger partial charge is 0.224 e. The lowest BCUT2D eigenvalue weighted by atomic mass is 10.0. The van der Waals surface area contributed by atoms with E-state index in [1.807, 2.05) is 23.7 Å². The zero-order valence-electron chi connectivity index (χ0n) is 10.4. The monoisotopic (exact) mass is 297 g/mol. The van der Waals surface area contributed by atoms with Crippen molar-refractivity contribution in [3.63, 3.8) is 0 Å². The summed E-state index contributed by atoms with van der Waals surface area (Å²) in [7, 11) is 0. The van der Waals surface area contributed by atoms with Crippen LogP contribution in [0, 0.1) is 5.92 Å². The number of anilines is 1. The molecule has 0 aliphatic carbocycles. The van der Waals surface area contributed by atoms with Crippen LogP contribution >= 0.6 is 23.7 Å². The molecule has 0 saturated carbocycles. The summed E-state index contributed by atoms with van der Waals surface area (Å²) >= 11 is 1.59. The first-order valence-electron chi connectivity index (χ1n) is 6.15. The molecule has 0 radical (unpaired) electrons. The molecule has 0 spiro atoms. The maximum absolute atomic E-state index is 11.9. The Balaban J connectivity index is 0.00000133. The summed E-state index contributed by atoms with van der Waals surface area (Å²) in [6.45, 7) is 1.99. The fourth-order valence-corrected chi connectivity index (χ4v) is 3.01. The average molecular weight is 298 g/mol. The highest BCUT2D eigenvalue weighted by Crippen LogP contribution is 2.22. The van der Waals surface area contributed by atoms with E-state index in [4.69, 9.17) is 0 Å². The van der Waals surface area contributed by atoms with Crippen LogP contribution in [-0.4, -0.2) is 24.0 Å². The first-order chi connectivity index (χ1) is 8.81. The molecule has 1 amide bonds. The highest BCUT2D eigenvalue weighted by atomic mass is 35.5. The predicted molar refractivity (Wildman–Crippen MR) is 81.1 cm³/mol. The van der Waals surface area contributed by atoms with Crippen molar-refractivity contribution in [1.29, 1.82) is 0 Å². The molecule has 1 aliphatic heterocycles. The van der Waals surface area contributed by atoms with Gasteiger partial charge in [0.2, 0.25) is 5.91 Å². The maximum atomic E-state index is 11.9. The number of benzene rings is 1. The zero-order chi connectivity index (χ0) is 12.4. The number of rotatable bonds is 3. The number of carbonyl (C=O) groups is 1. The topological polar surface area (TPSA) is 54.0 Å². The molecule has 1 aromatic heterocycles. The number of halogens is 1. The van der Waals surface area contributed by atoms with E-state index in [1.54, 1.807) is 11.3 Å². The molecule has 1 unspecified atom stereocenters. The number of hydrogen-bond acceptors (Lipinski definition) is 4. The number of nitrogens with zero attached hydrogens (tertiary/aromatic N) is 1. The summed E-state index contributed by atoms with van der Waals surface area (Å²) in [6.07, 6.45) is 1.70. The maximum Gasteiger partial charge on any atom is 0.224 e. The van der Waals surface area contributed by atoms with Crippen LogP contribution < -0.4 is 10.6 Å². The minimum absolute atomic E-state index is 0. The number of amides is 1. The molecule has 4 nitrogen and oxygen atoms in total. The van der Waals surface area contributed by atoms with Crippen molar-refractivity contribution < 1.29 is 4.79 Å². The molecule has 3 rings (SSSR count). The molecule has 2 N–H and O–H groups in total. The van der Waals surface area contributed by atoms with Gasteiger partial charge in [-0.15, -0.1) is 23.7 Å². The Morgan fingerprint density at radius 3 is 3.21 bits per heavy atom. The van der Waals surface area contributed by atoms with Crippen LogP contribution in [0.4, 0.5) is 5.69 Å². The number of hydrogen-bond donors (Lipinski definition) is 2. The van der Waals surface area contributed by atoms with E-state index in [0.717, 1.165) is 35.4 Å². The fraction of sp³-hybridized carbons (Fsp3) is 0.385. The lowest BCUT2D eigenvalue weighted by molar-refractivity contribution is -0.116. The second-order valence-electron chi connectivity index (χ2n) is 4.65. The first-order valence-corrected chi connectivity index (χ1v) is 7.03. The van der Waals surface area contributed by atoms with Gasteiger partial charge in [-0.3, -0.25) is 4.79 Å². The Morgan fingerprint density at radius 1 is 1.53 bits per heavy atom. The number of thiazole rings is 1. The minimum atomic E-state index is 0. The average Bonchev–Trinajstić information content (AvgIpc) is 2.98. The molecule has 1 aliphatic rings. The van der Waals surface area contributed by atoms with Crippen molar-refractivity contribution in [2.45, 2.75) is 12.8 Å². The van der Waals surface area contributed by atoms with Crippen LogP contribution in [-0.2, 0) is 4.79 Å². The lowest BCUT2D eigenvalue weighted by Gasteiger charge is -2.09. The van der Waals surface area contributed by atoms with E-state index in [0.29, 0.717) is 12.3 Å². The molecular formula is C13H16ClN3OS. The van der Waals surface area contributed by atoms with Crippen molar-refractivity contribution in [1.82, 2.24) is 10.3 Å². The van der Waals surface area contributed by atoms with E-state index < -0.39 is 0 Å². The highest BCUT2D eigenvalue weighted by Gasteiger charge is 2.18. The second-order valence-corrected chi connectivity index (χ2v) is 5.53. The Bertz CT molecular complexity index is 566. The van der Waals surface area contributed by atoms with E-state index in [1.165, 1.54) is 0 Å². The molecule has 0 bridgehead atoms. The molecular weight excluding hydrogens is 282 g/mol. The third-order valence-corrected chi connectivity index (χ3v) is 4.04. The Labute approximate surface area is 122 Å². The van der Waals surface area contributed by atoms with Gasteiger partial charge in [-0.2, -0.15) is 0 Å². The SMILES string of the molecule is Cl.O=C(CC1CCNC1)Nc1ccc2ncsc2c1. The molecule has 6 heteroatoms. The molecule has 1 saturated heterocycles. The quantitative estimate of drug-likeness (QED) is 0.916. The Morgan fingerprint density at radius 2 is 2.42 bits per heavy atom. The summed E-state index contributed by atoms with van der Waals surface area (Å²) in [4.78, 5) is 16.1. The second kappa shape index (κ2) is 6.32. The van der Waals surface area contributed by atoms with Gasteiger partial charge in [0.15, 0.2) is 0 Å². The van der Waals surface area contributed by atoms with Crippen molar-refractivity contribution in [3.05, 3.63) is 23.7 Å². The largest absolute Gasteiger partial charge is 0.326 e. The van der Waals surface area contributed by atoms with Gasteiger partial charge in [-0.1, -0.05) is 0 Å². The van der Waals surface area contributed by atoms with Gasteiger partial charge in [0, 0.05) is 12.1 Å². The molecule has 2 aromatic rings. The Hall–Kier alpha value is -1.17. The summed E-state index contributed by atoms with van der Waals surface area (Å²) < 4.78 is 1.11. The van der Waals surface area contributed by atoms with Gasteiger partial charge in [0.25, 0.3) is 0 Å². The Kier molecular flexibility index (Phi) is 4.74. The van der Waals surface area contributed by atoms with Crippen LogP contribution in [0.2, 0.25) is 0 Å². The normalized spacial score (nSPS) is 18.2. The van der Waals surface area contributed by atoms with Crippen LogP contribution in [0.5, 0.6) is 0 Å². The molecule has 2 heterocycles. The van der Waals surface area contributed by atoms with Crippen molar-refractivity contribution in [2.75, 3.05) is 18.4 Å². The number of carbonyl (C=O) groups excluding carboxylic acids is 1. The first kappa shape index (κ1) is 14.2. The van der Waals surface area contributed by atoms with Gasteiger partial charge in [-0.05, 0) is 43.6 Å². The standard InChI is InChI=1S/C13H15N3OS.ClH/c17-13(5-9-3-4-14-7-9)16-10-1-2-11-12(6-10)18-8-15-11;/h1-2,6,8-9,14H,3-5,7H2,(H,16,17);1H. The summed E-state index contributed by atoms with van der Waals surface area (Å²) in [5.74, 6) is 0.588. The number of aromatic nitrogens is 1. The van der Waals surface area contributed by atoms with Gasteiger partial charge >= 0.3 is 0 Å². The van der Waals surface area contributed by atoms with Crippen LogP contribution in [0.15, 0.2) is 23.7 Å². The van der Waals surface area contributed by atoms with E-state index in [-0.39, 0.29) is 18.3 Å². The highest BCUT2D eigenvalue weighted by molar-refractivity contribution is 7.16. The van der Waals surface area contributed by atoms with E-state index in [9.17, 15) is 4.79 Å². The summed E-state index contributed by atoms with van der Waals surface area (Å²) in [5, 5.41) is 6.24. The minimum Gasteiger partial charge on any atom is -0.326 e. The van der Waals surface area contributed by atoms with E-state index in [2.05, 4.69) is 15.6 Å². The third-order valence-electron chi connectivity index (χ3n) is 3.25. The van der Waals surface area contributed by atoms with Gasteiger partial charge in [0.05, 0.1) is 15.7 Å². The van der Waals surface area contributed by atoms with Gasteiger partial charge in [0.1, 0.15) is 0 Å². The predicted octanol–water partition coefficient (Wildman–Crippen LogP) is 2.66. The summed E-state index contributed by atoms with van der Waals surface area (Å²) in [5.41, 5.74) is 3.67. The van der Waals surface area contributed by atoms with Gasteiger partial charge < -0.3 is 10.6 Å².